The van der Waals surface area contributed by atoms with Crippen molar-refractivity contribution in [1.82, 2.24) is 10.5 Å². The SMILES string of the molecule is N#CC(NC(=O)c1noc2c1CCCC2)c1ccccc1. The van der Waals surface area contributed by atoms with Crippen molar-refractivity contribution >= 4 is 5.91 Å². The first-order valence-electron chi connectivity index (χ1n) is 7.02. The Morgan fingerprint density at radius 1 is 1.29 bits per heavy atom. The van der Waals surface area contributed by atoms with Gasteiger partial charge < -0.3 is 9.84 Å². The number of aromatic nitrogens is 1. The summed E-state index contributed by atoms with van der Waals surface area (Å²) in [5.74, 6) is 0.455. The third-order valence-electron chi connectivity index (χ3n) is 3.70. The van der Waals surface area contributed by atoms with Crippen LogP contribution in [0.15, 0.2) is 34.9 Å². The summed E-state index contributed by atoms with van der Waals surface area (Å²) in [4.78, 5) is 12.3. The average Bonchev–Trinajstić information content (AvgIpc) is 2.97. The van der Waals surface area contributed by atoms with Crippen molar-refractivity contribution in [2.45, 2.75) is 31.7 Å². The molecule has 5 heteroatoms. The molecule has 0 saturated heterocycles. The van der Waals surface area contributed by atoms with Crippen molar-refractivity contribution in [3.05, 3.63) is 52.9 Å². The maximum absolute atomic E-state index is 12.3. The maximum atomic E-state index is 12.3. The molecule has 0 radical (unpaired) electrons. The first-order valence-corrected chi connectivity index (χ1v) is 7.02. The zero-order valence-electron chi connectivity index (χ0n) is 11.5. The number of aryl methyl sites for hydroxylation is 1. The van der Waals surface area contributed by atoms with Crippen LogP contribution in [0.5, 0.6) is 0 Å². The fourth-order valence-electron chi connectivity index (χ4n) is 2.60. The monoisotopic (exact) mass is 281 g/mol. The molecule has 0 bridgehead atoms. The van der Waals surface area contributed by atoms with E-state index in [1.165, 1.54) is 0 Å². The van der Waals surface area contributed by atoms with Crippen molar-refractivity contribution in [3.8, 4) is 6.07 Å². The molecule has 1 unspecified atom stereocenters. The van der Waals surface area contributed by atoms with Crippen LogP contribution in [0.1, 0.15) is 46.3 Å². The second-order valence-corrected chi connectivity index (χ2v) is 5.09. The van der Waals surface area contributed by atoms with E-state index in [-0.39, 0.29) is 5.91 Å². The highest BCUT2D eigenvalue weighted by Crippen LogP contribution is 2.24. The molecule has 3 rings (SSSR count). The highest BCUT2D eigenvalue weighted by atomic mass is 16.5. The molecule has 0 spiro atoms. The summed E-state index contributed by atoms with van der Waals surface area (Å²) in [7, 11) is 0. The third-order valence-corrected chi connectivity index (χ3v) is 3.70. The van der Waals surface area contributed by atoms with Gasteiger partial charge in [0.15, 0.2) is 5.69 Å². The number of benzene rings is 1. The molecule has 0 aliphatic heterocycles. The number of hydrogen-bond acceptors (Lipinski definition) is 4. The van der Waals surface area contributed by atoms with Gasteiger partial charge in [-0.05, 0) is 24.8 Å². The average molecular weight is 281 g/mol. The third kappa shape index (κ3) is 2.65. The van der Waals surface area contributed by atoms with E-state index in [1.54, 1.807) is 0 Å². The van der Waals surface area contributed by atoms with Gasteiger partial charge in [0.1, 0.15) is 11.8 Å². The van der Waals surface area contributed by atoms with Gasteiger partial charge in [-0.2, -0.15) is 5.26 Å². The first kappa shape index (κ1) is 13.4. The summed E-state index contributed by atoms with van der Waals surface area (Å²) in [5, 5.41) is 15.9. The lowest BCUT2D eigenvalue weighted by Gasteiger charge is -2.12. The standard InChI is InChI=1S/C16H15N3O2/c17-10-13(11-6-2-1-3-7-11)18-16(20)15-12-8-4-5-9-14(12)21-19-15/h1-3,6-7,13H,4-5,8-9H2,(H,18,20). The Kier molecular flexibility index (Phi) is 3.69. The van der Waals surface area contributed by atoms with E-state index in [2.05, 4.69) is 16.5 Å². The number of nitrogens with zero attached hydrogens (tertiary/aromatic N) is 2. The zero-order valence-corrected chi connectivity index (χ0v) is 11.5. The highest BCUT2D eigenvalue weighted by molar-refractivity contribution is 5.94. The molecule has 1 N–H and O–H groups in total. The van der Waals surface area contributed by atoms with E-state index < -0.39 is 6.04 Å². The molecule has 21 heavy (non-hydrogen) atoms. The Labute approximate surface area is 122 Å². The van der Waals surface area contributed by atoms with Gasteiger partial charge >= 0.3 is 0 Å². The highest BCUT2D eigenvalue weighted by Gasteiger charge is 2.25. The van der Waals surface area contributed by atoms with Crippen LogP contribution in [0.2, 0.25) is 0 Å². The van der Waals surface area contributed by atoms with Crippen molar-refractivity contribution in [2.75, 3.05) is 0 Å². The lowest BCUT2D eigenvalue weighted by Crippen LogP contribution is -2.28. The molecule has 1 heterocycles. The zero-order chi connectivity index (χ0) is 14.7. The Morgan fingerprint density at radius 2 is 2.05 bits per heavy atom. The normalized spacial score (nSPS) is 14.8. The summed E-state index contributed by atoms with van der Waals surface area (Å²) in [6.45, 7) is 0. The van der Waals surface area contributed by atoms with E-state index in [9.17, 15) is 10.1 Å². The Balaban J connectivity index is 1.80. The number of carbonyl (C=O) groups excluding carboxylic acids is 1. The van der Waals surface area contributed by atoms with E-state index >= 15 is 0 Å². The summed E-state index contributed by atoms with van der Waals surface area (Å²) in [6, 6.07) is 10.6. The lowest BCUT2D eigenvalue weighted by molar-refractivity contribution is 0.0935. The summed E-state index contributed by atoms with van der Waals surface area (Å²) in [6.07, 6.45) is 3.74. The molecule has 1 aliphatic carbocycles. The van der Waals surface area contributed by atoms with Gasteiger partial charge in [0.2, 0.25) is 0 Å². The van der Waals surface area contributed by atoms with Crippen LogP contribution in [0.3, 0.4) is 0 Å². The minimum absolute atomic E-state index is 0.320. The number of nitriles is 1. The van der Waals surface area contributed by atoms with Gasteiger partial charge in [-0.3, -0.25) is 4.79 Å². The molecule has 0 fully saturated rings. The van der Waals surface area contributed by atoms with Crippen LogP contribution >= 0.6 is 0 Å². The Bertz CT molecular complexity index is 685. The molecule has 5 nitrogen and oxygen atoms in total. The Morgan fingerprint density at radius 3 is 2.81 bits per heavy atom. The smallest absolute Gasteiger partial charge is 0.275 e. The molecular formula is C16H15N3O2. The topological polar surface area (TPSA) is 78.9 Å². The second kappa shape index (κ2) is 5.80. The van der Waals surface area contributed by atoms with Crippen LogP contribution in [0.4, 0.5) is 0 Å². The van der Waals surface area contributed by atoms with E-state index in [0.29, 0.717) is 5.69 Å². The van der Waals surface area contributed by atoms with Crippen LogP contribution in [-0.4, -0.2) is 11.1 Å². The van der Waals surface area contributed by atoms with Crippen LogP contribution in [-0.2, 0) is 12.8 Å². The molecule has 0 saturated carbocycles. The number of amides is 1. The fraction of sp³-hybridized carbons (Fsp3) is 0.312. The molecule has 106 valence electrons. The van der Waals surface area contributed by atoms with E-state index in [4.69, 9.17) is 4.52 Å². The Hall–Kier alpha value is -2.61. The summed E-state index contributed by atoms with van der Waals surface area (Å²) >= 11 is 0. The number of fused-ring (bicyclic) bond motifs is 1. The number of rotatable bonds is 3. The fourth-order valence-corrected chi connectivity index (χ4v) is 2.60. The van der Waals surface area contributed by atoms with Gasteiger partial charge in [-0.25, -0.2) is 0 Å². The van der Waals surface area contributed by atoms with Crippen LogP contribution in [0, 0.1) is 11.3 Å². The second-order valence-electron chi connectivity index (χ2n) is 5.09. The van der Waals surface area contributed by atoms with Crippen LogP contribution < -0.4 is 5.32 Å². The lowest BCUT2D eigenvalue weighted by atomic mass is 9.96. The van der Waals surface area contributed by atoms with Crippen molar-refractivity contribution < 1.29 is 9.32 Å². The molecule has 1 aliphatic rings. The number of nitrogens with one attached hydrogen (secondary N) is 1. The van der Waals surface area contributed by atoms with E-state index in [0.717, 1.165) is 42.6 Å². The van der Waals surface area contributed by atoms with Crippen molar-refractivity contribution in [3.63, 3.8) is 0 Å². The summed E-state index contributed by atoms with van der Waals surface area (Å²) in [5.41, 5.74) is 1.97. The van der Waals surface area contributed by atoms with Gasteiger partial charge in [0.25, 0.3) is 5.91 Å². The largest absolute Gasteiger partial charge is 0.360 e. The molecule has 1 amide bonds. The summed E-state index contributed by atoms with van der Waals surface area (Å²) < 4.78 is 5.24. The van der Waals surface area contributed by atoms with Crippen molar-refractivity contribution in [1.29, 1.82) is 5.26 Å². The maximum Gasteiger partial charge on any atom is 0.275 e. The minimum Gasteiger partial charge on any atom is -0.360 e. The molecule has 1 atom stereocenters. The van der Waals surface area contributed by atoms with Gasteiger partial charge in [0.05, 0.1) is 6.07 Å². The molecule has 2 aromatic rings. The van der Waals surface area contributed by atoms with Crippen LogP contribution in [0.25, 0.3) is 0 Å². The predicted octanol–water partition coefficient (Wildman–Crippen LogP) is 2.55. The van der Waals surface area contributed by atoms with Crippen molar-refractivity contribution in [2.24, 2.45) is 0 Å². The predicted molar refractivity (Wildman–Crippen MR) is 75.4 cm³/mol. The van der Waals surface area contributed by atoms with Gasteiger partial charge in [-0.1, -0.05) is 35.5 Å². The van der Waals surface area contributed by atoms with E-state index in [1.807, 2.05) is 30.3 Å². The van der Waals surface area contributed by atoms with Gasteiger partial charge in [-0.15, -0.1) is 0 Å². The van der Waals surface area contributed by atoms with Gasteiger partial charge in [0, 0.05) is 12.0 Å². The molecular weight excluding hydrogens is 266 g/mol. The first-order chi connectivity index (χ1) is 10.3. The minimum atomic E-state index is -0.686. The molecule has 1 aromatic carbocycles. The number of carbonyl (C=O) groups is 1. The quantitative estimate of drug-likeness (QED) is 0.937. The molecule has 1 aromatic heterocycles. The number of hydrogen-bond donors (Lipinski definition) is 1.